The van der Waals surface area contributed by atoms with Gasteiger partial charge in [-0.05, 0) is 73.6 Å². The normalized spacial score (nSPS) is 15.9. The van der Waals surface area contributed by atoms with E-state index in [2.05, 4.69) is 32.5 Å². The van der Waals surface area contributed by atoms with E-state index in [9.17, 15) is 14.4 Å². The van der Waals surface area contributed by atoms with Crippen LogP contribution in [0, 0.1) is 5.92 Å². The number of rotatable bonds is 12. The molecule has 0 spiro atoms. The Bertz CT molecular complexity index is 1250. The average molecular weight is 564 g/mol. The van der Waals surface area contributed by atoms with Crippen molar-refractivity contribution in [2.45, 2.75) is 38.6 Å². The predicted octanol–water partition coefficient (Wildman–Crippen LogP) is 2.99. The van der Waals surface area contributed by atoms with Crippen LogP contribution < -0.4 is 30.5 Å². The third-order valence-corrected chi connectivity index (χ3v) is 7.68. The minimum atomic E-state index is -0.496. The molecule has 10 nitrogen and oxygen atoms in total. The molecule has 1 saturated heterocycles. The van der Waals surface area contributed by atoms with Crippen molar-refractivity contribution in [2.75, 3.05) is 51.8 Å². The minimum absolute atomic E-state index is 0.0993. The number of aryl methyl sites for hydroxylation is 1. The smallest absolute Gasteiger partial charge is 0.261 e. The van der Waals surface area contributed by atoms with Crippen molar-refractivity contribution in [3.05, 3.63) is 65.7 Å². The van der Waals surface area contributed by atoms with Gasteiger partial charge in [-0.15, -0.1) is 0 Å². The standard InChI is InChI=1S/C31H41N5O5/c1-5-29(37)33-34-30(38)13-10-23-8-11-25(36-16-14-35(15-17-36)20-22-6-7-22)19-26(23)31(39)32-21(2)24-9-12-27(40-3)28(18-24)41-4/h5,8-9,11-12,18-19,21-22H,1,6-7,10,13-17,20H2,2-4H3,(H,32,39)(H,33,37)(H,34,38). The highest BCUT2D eigenvalue weighted by molar-refractivity contribution is 5.97. The predicted molar refractivity (Wildman–Crippen MR) is 158 cm³/mol. The topological polar surface area (TPSA) is 112 Å². The lowest BCUT2D eigenvalue weighted by atomic mass is 9.99. The zero-order valence-electron chi connectivity index (χ0n) is 24.2. The third kappa shape index (κ3) is 8.23. The zero-order chi connectivity index (χ0) is 29.4. The highest BCUT2D eigenvalue weighted by atomic mass is 16.5. The first-order chi connectivity index (χ1) is 19.8. The number of methoxy groups -OCH3 is 2. The highest BCUT2D eigenvalue weighted by Gasteiger charge is 2.27. The van der Waals surface area contributed by atoms with Gasteiger partial charge in [-0.3, -0.25) is 30.1 Å². The molecule has 0 radical (unpaired) electrons. The molecule has 41 heavy (non-hydrogen) atoms. The number of nitrogens with one attached hydrogen (secondary N) is 3. The molecule has 0 aromatic heterocycles. The number of anilines is 1. The van der Waals surface area contributed by atoms with Crippen molar-refractivity contribution in [1.82, 2.24) is 21.1 Å². The number of hydrazine groups is 1. The summed E-state index contributed by atoms with van der Waals surface area (Å²) < 4.78 is 10.8. The Morgan fingerprint density at radius 2 is 1.73 bits per heavy atom. The van der Waals surface area contributed by atoms with Crippen LogP contribution in [-0.2, 0) is 16.0 Å². The molecule has 2 fully saturated rings. The maximum Gasteiger partial charge on any atom is 0.261 e. The van der Waals surface area contributed by atoms with Crippen LogP contribution in [0.2, 0.25) is 0 Å². The molecule has 1 unspecified atom stereocenters. The fraction of sp³-hybridized carbons (Fsp3) is 0.452. The summed E-state index contributed by atoms with van der Waals surface area (Å²) in [6.07, 6.45) is 4.20. The molecule has 220 valence electrons. The number of amides is 3. The van der Waals surface area contributed by atoms with E-state index >= 15 is 0 Å². The van der Waals surface area contributed by atoms with Crippen LogP contribution in [0.3, 0.4) is 0 Å². The SMILES string of the molecule is C=CC(=O)NNC(=O)CCc1ccc(N2CCN(CC3CC3)CC2)cc1C(=O)NC(C)c1ccc(OC)c(OC)c1. The lowest BCUT2D eigenvalue weighted by Crippen LogP contribution is -2.47. The van der Waals surface area contributed by atoms with Gasteiger partial charge in [0.25, 0.3) is 11.8 Å². The molecule has 2 aromatic rings. The van der Waals surface area contributed by atoms with Crippen LogP contribution in [0.5, 0.6) is 11.5 Å². The molecule has 1 saturated carbocycles. The lowest BCUT2D eigenvalue weighted by molar-refractivity contribution is -0.126. The summed E-state index contributed by atoms with van der Waals surface area (Å²) in [7, 11) is 3.16. The summed E-state index contributed by atoms with van der Waals surface area (Å²) in [5.41, 5.74) is 7.78. The van der Waals surface area contributed by atoms with Gasteiger partial charge in [0, 0.05) is 50.4 Å². The molecule has 0 bridgehead atoms. The number of benzene rings is 2. The highest BCUT2D eigenvalue weighted by Crippen LogP contribution is 2.31. The molecule has 2 aliphatic rings. The summed E-state index contributed by atoms with van der Waals surface area (Å²) in [6, 6.07) is 11.1. The number of carbonyl (C=O) groups is 3. The largest absolute Gasteiger partial charge is 0.493 e. The second-order valence-corrected chi connectivity index (χ2v) is 10.6. The average Bonchev–Trinajstić information content (AvgIpc) is 3.82. The second kappa shape index (κ2) is 14.0. The van der Waals surface area contributed by atoms with Crippen LogP contribution >= 0.6 is 0 Å². The van der Waals surface area contributed by atoms with Gasteiger partial charge >= 0.3 is 0 Å². The Hall–Kier alpha value is -4.05. The molecule has 10 heteroatoms. The van der Waals surface area contributed by atoms with Gasteiger partial charge in [0.2, 0.25) is 5.91 Å². The monoisotopic (exact) mass is 563 g/mol. The number of piperazine rings is 1. The van der Waals surface area contributed by atoms with Gasteiger partial charge in [0.1, 0.15) is 0 Å². The number of nitrogens with zero attached hydrogens (tertiary/aromatic N) is 2. The first-order valence-electron chi connectivity index (χ1n) is 14.2. The van der Waals surface area contributed by atoms with E-state index < -0.39 is 5.91 Å². The Kier molecular flexibility index (Phi) is 10.2. The zero-order valence-corrected chi connectivity index (χ0v) is 24.2. The molecule has 3 N–H and O–H groups in total. The summed E-state index contributed by atoms with van der Waals surface area (Å²) in [6.45, 7) is 10.3. The summed E-state index contributed by atoms with van der Waals surface area (Å²) in [5.74, 6) is 0.988. The Labute approximate surface area is 242 Å². The molecule has 2 aromatic carbocycles. The number of ether oxygens (including phenoxy) is 2. The van der Waals surface area contributed by atoms with Crippen LogP contribution in [0.25, 0.3) is 0 Å². The second-order valence-electron chi connectivity index (χ2n) is 10.6. The first kappa shape index (κ1) is 29.9. The van der Waals surface area contributed by atoms with Gasteiger partial charge in [0.05, 0.1) is 20.3 Å². The van der Waals surface area contributed by atoms with Crippen LogP contribution in [0.4, 0.5) is 5.69 Å². The van der Waals surface area contributed by atoms with Crippen molar-refractivity contribution in [1.29, 1.82) is 0 Å². The molecular formula is C31H41N5O5. The van der Waals surface area contributed by atoms with E-state index in [-0.39, 0.29) is 24.3 Å². The van der Waals surface area contributed by atoms with Crippen molar-refractivity contribution in [2.24, 2.45) is 5.92 Å². The number of hydrogen-bond donors (Lipinski definition) is 3. The Balaban J connectivity index is 1.49. The van der Waals surface area contributed by atoms with Crippen LogP contribution in [0.1, 0.15) is 53.7 Å². The summed E-state index contributed by atoms with van der Waals surface area (Å²) in [5, 5.41) is 3.11. The van der Waals surface area contributed by atoms with Crippen molar-refractivity contribution in [3.63, 3.8) is 0 Å². The molecule has 3 amide bonds. The molecule has 1 heterocycles. The fourth-order valence-corrected chi connectivity index (χ4v) is 5.02. The van der Waals surface area contributed by atoms with Crippen molar-refractivity contribution in [3.8, 4) is 11.5 Å². The third-order valence-electron chi connectivity index (χ3n) is 7.68. The maximum atomic E-state index is 13.7. The van der Waals surface area contributed by atoms with Crippen molar-refractivity contribution < 1.29 is 23.9 Å². The summed E-state index contributed by atoms with van der Waals surface area (Å²) in [4.78, 5) is 42.2. The molecule has 1 atom stereocenters. The van der Waals surface area contributed by atoms with Gasteiger partial charge in [0.15, 0.2) is 11.5 Å². The van der Waals surface area contributed by atoms with E-state index in [0.717, 1.165) is 55.0 Å². The van der Waals surface area contributed by atoms with Gasteiger partial charge in [-0.2, -0.15) is 0 Å². The lowest BCUT2D eigenvalue weighted by Gasteiger charge is -2.36. The molecule has 1 aliphatic carbocycles. The van der Waals surface area contributed by atoms with Crippen molar-refractivity contribution >= 4 is 23.4 Å². The van der Waals surface area contributed by atoms with Gasteiger partial charge in [-0.25, -0.2) is 0 Å². The maximum absolute atomic E-state index is 13.7. The van der Waals surface area contributed by atoms with Gasteiger partial charge in [-0.1, -0.05) is 18.7 Å². The van der Waals surface area contributed by atoms with E-state index in [4.69, 9.17) is 9.47 Å². The van der Waals surface area contributed by atoms with Gasteiger partial charge < -0.3 is 19.7 Å². The Morgan fingerprint density at radius 3 is 2.39 bits per heavy atom. The van der Waals surface area contributed by atoms with E-state index in [0.29, 0.717) is 23.5 Å². The summed E-state index contributed by atoms with van der Waals surface area (Å²) >= 11 is 0. The number of carbonyl (C=O) groups excluding carboxylic acids is 3. The van der Waals surface area contributed by atoms with E-state index in [1.807, 2.05) is 43.3 Å². The Morgan fingerprint density at radius 1 is 1.00 bits per heavy atom. The molecular weight excluding hydrogens is 522 g/mol. The van der Waals surface area contributed by atoms with E-state index in [1.165, 1.54) is 19.4 Å². The number of hydrogen-bond acceptors (Lipinski definition) is 7. The fourth-order valence-electron chi connectivity index (χ4n) is 5.02. The molecule has 1 aliphatic heterocycles. The molecule has 4 rings (SSSR count). The quantitative estimate of drug-likeness (QED) is 0.269. The van der Waals surface area contributed by atoms with Crippen LogP contribution in [0.15, 0.2) is 49.1 Å². The van der Waals surface area contributed by atoms with Crippen LogP contribution in [-0.4, -0.2) is 69.6 Å². The first-order valence-corrected chi connectivity index (χ1v) is 14.2. The van der Waals surface area contributed by atoms with E-state index in [1.54, 1.807) is 14.2 Å². The minimum Gasteiger partial charge on any atom is -0.493 e.